The van der Waals surface area contributed by atoms with Gasteiger partial charge in [-0.05, 0) is 37.1 Å². The van der Waals surface area contributed by atoms with E-state index in [9.17, 15) is 14.4 Å². The molecule has 98 valence electrons. The maximum atomic E-state index is 12.0. The minimum Gasteiger partial charge on any atom is -0.308 e. The van der Waals surface area contributed by atoms with E-state index in [-0.39, 0.29) is 11.7 Å². The first-order chi connectivity index (χ1) is 8.95. The third-order valence-corrected chi connectivity index (χ3v) is 2.78. The van der Waals surface area contributed by atoms with Crippen LogP contribution >= 0.6 is 0 Å². The van der Waals surface area contributed by atoms with E-state index >= 15 is 0 Å². The quantitative estimate of drug-likeness (QED) is 0.748. The highest BCUT2D eigenvalue weighted by atomic mass is 16.2. The van der Waals surface area contributed by atoms with Gasteiger partial charge in [-0.1, -0.05) is 6.07 Å². The van der Waals surface area contributed by atoms with E-state index in [0.29, 0.717) is 5.56 Å². The summed E-state index contributed by atoms with van der Waals surface area (Å²) in [6, 6.07) is 6.38. The predicted molar refractivity (Wildman–Crippen MR) is 71.6 cm³/mol. The highest BCUT2D eigenvalue weighted by Crippen LogP contribution is 2.11. The van der Waals surface area contributed by atoms with Gasteiger partial charge in [0.15, 0.2) is 0 Å². The Bertz CT molecular complexity index is 715. The molecule has 0 saturated carbocycles. The van der Waals surface area contributed by atoms with Gasteiger partial charge in [-0.2, -0.15) is 0 Å². The summed E-state index contributed by atoms with van der Waals surface area (Å²) in [6.45, 7) is 3.85. The molecule has 6 nitrogen and oxygen atoms in total. The van der Waals surface area contributed by atoms with Crippen molar-refractivity contribution in [3.05, 3.63) is 61.8 Å². The summed E-state index contributed by atoms with van der Waals surface area (Å²) < 4.78 is 0. The normalized spacial score (nSPS) is 10.2. The van der Waals surface area contributed by atoms with E-state index in [0.717, 1.165) is 17.2 Å². The Balaban J connectivity index is 2.27. The first kappa shape index (κ1) is 12.8. The molecule has 0 aliphatic heterocycles. The number of H-pyrrole nitrogens is 2. The van der Waals surface area contributed by atoms with Crippen LogP contribution in [0.3, 0.4) is 0 Å². The number of amides is 1. The van der Waals surface area contributed by atoms with E-state index in [4.69, 9.17) is 0 Å². The summed E-state index contributed by atoms with van der Waals surface area (Å²) in [5.41, 5.74) is 1.31. The van der Waals surface area contributed by atoms with Crippen LogP contribution in [0, 0.1) is 13.8 Å². The highest BCUT2D eigenvalue weighted by Gasteiger charge is 2.08. The van der Waals surface area contributed by atoms with Crippen molar-refractivity contribution in [3.63, 3.8) is 0 Å². The van der Waals surface area contributed by atoms with Crippen LogP contribution in [0.1, 0.15) is 21.5 Å². The molecule has 0 aliphatic rings. The van der Waals surface area contributed by atoms with E-state index in [1.165, 1.54) is 0 Å². The Morgan fingerprint density at radius 1 is 1.05 bits per heavy atom. The fourth-order valence-corrected chi connectivity index (χ4v) is 1.61. The van der Waals surface area contributed by atoms with Gasteiger partial charge in [0.05, 0.1) is 0 Å². The second-order valence-electron chi connectivity index (χ2n) is 4.25. The van der Waals surface area contributed by atoms with Crippen LogP contribution in [0.5, 0.6) is 0 Å². The molecule has 1 aromatic heterocycles. The number of hydrogen-bond donors (Lipinski definition) is 3. The molecule has 1 heterocycles. The number of aromatic amines is 2. The topological polar surface area (TPSA) is 94.8 Å². The lowest BCUT2D eigenvalue weighted by atomic mass is 10.1. The van der Waals surface area contributed by atoms with E-state index in [1.807, 2.05) is 24.9 Å². The maximum Gasteiger partial charge on any atom is 0.327 e. The van der Waals surface area contributed by atoms with E-state index in [1.54, 1.807) is 12.1 Å². The van der Waals surface area contributed by atoms with Crippen molar-refractivity contribution in [1.29, 1.82) is 0 Å². The fraction of sp³-hybridized carbons (Fsp3) is 0.154. The van der Waals surface area contributed by atoms with Crippen molar-refractivity contribution >= 4 is 11.7 Å². The van der Waals surface area contributed by atoms with Crippen LogP contribution in [0.15, 0.2) is 33.9 Å². The van der Waals surface area contributed by atoms with Crippen LogP contribution in [0.25, 0.3) is 0 Å². The van der Waals surface area contributed by atoms with Crippen molar-refractivity contribution in [1.82, 2.24) is 9.97 Å². The fourth-order valence-electron chi connectivity index (χ4n) is 1.61. The average molecular weight is 259 g/mol. The monoisotopic (exact) mass is 259 g/mol. The number of rotatable bonds is 2. The number of carbonyl (C=O) groups is 1. The Hall–Kier alpha value is -2.63. The van der Waals surface area contributed by atoms with Gasteiger partial charge in [-0.3, -0.25) is 19.6 Å². The van der Waals surface area contributed by atoms with Gasteiger partial charge in [-0.25, -0.2) is 4.79 Å². The van der Waals surface area contributed by atoms with Crippen LogP contribution in [-0.2, 0) is 0 Å². The number of aromatic nitrogens is 2. The zero-order valence-electron chi connectivity index (χ0n) is 10.5. The van der Waals surface area contributed by atoms with Gasteiger partial charge in [0.2, 0.25) is 0 Å². The molecule has 19 heavy (non-hydrogen) atoms. The maximum absolute atomic E-state index is 12.0. The van der Waals surface area contributed by atoms with Crippen LogP contribution < -0.4 is 16.6 Å². The molecule has 0 radical (unpaired) electrons. The van der Waals surface area contributed by atoms with Crippen molar-refractivity contribution in [2.24, 2.45) is 0 Å². The summed E-state index contributed by atoms with van der Waals surface area (Å²) in [6.07, 6.45) is 0. The van der Waals surface area contributed by atoms with Gasteiger partial charge in [-0.15, -0.1) is 0 Å². The molecule has 0 aliphatic carbocycles. The molecular formula is C13H13N3O3. The van der Waals surface area contributed by atoms with E-state index in [2.05, 4.69) is 10.3 Å². The summed E-state index contributed by atoms with van der Waals surface area (Å²) in [5.74, 6) is -0.318. The molecule has 2 rings (SSSR count). The minimum atomic E-state index is -0.664. The third kappa shape index (κ3) is 2.98. The summed E-state index contributed by atoms with van der Waals surface area (Å²) in [5, 5.41) is 2.47. The Kier molecular flexibility index (Phi) is 3.33. The number of nitrogens with one attached hydrogen (secondary N) is 3. The van der Waals surface area contributed by atoms with E-state index < -0.39 is 11.2 Å². The van der Waals surface area contributed by atoms with Crippen LogP contribution in [0.2, 0.25) is 0 Å². The predicted octanol–water partition coefficient (Wildman–Crippen LogP) is 0.932. The number of hydrogen-bond acceptors (Lipinski definition) is 3. The molecule has 0 saturated heterocycles. The summed E-state index contributed by atoms with van der Waals surface area (Å²) in [4.78, 5) is 38.5. The second kappa shape index (κ2) is 4.93. The number of aryl methyl sites for hydroxylation is 2. The lowest BCUT2D eigenvalue weighted by Crippen LogP contribution is -2.24. The third-order valence-electron chi connectivity index (χ3n) is 2.78. The molecule has 6 heteroatoms. The molecule has 3 N–H and O–H groups in total. The van der Waals surface area contributed by atoms with Crippen molar-refractivity contribution < 1.29 is 4.79 Å². The van der Waals surface area contributed by atoms with Gasteiger partial charge >= 0.3 is 5.69 Å². The Morgan fingerprint density at radius 2 is 1.79 bits per heavy atom. The van der Waals surface area contributed by atoms with Gasteiger partial charge in [0.1, 0.15) is 5.82 Å². The smallest absolute Gasteiger partial charge is 0.308 e. The Morgan fingerprint density at radius 3 is 2.42 bits per heavy atom. The van der Waals surface area contributed by atoms with Gasteiger partial charge in [0.25, 0.3) is 11.5 Å². The Labute approximate surface area is 108 Å². The highest BCUT2D eigenvalue weighted by molar-refractivity contribution is 6.03. The lowest BCUT2D eigenvalue weighted by molar-refractivity contribution is 0.102. The largest absolute Gasteiger partial charge is 0.327 e. The molecule has 1 aromatic carbocycles. The van der Waals surface area contributed by atoms with Crippen molar-refractivity contribution in [2.45, 2.75) is 13.8 Å². The molecule has 0 bridgehead atoms. The first-order valence-corrected chi connectivity index (χ1v) is 5.68. The molecule has 0 fully saturated rings. The molecule has 0 spiro atoms. The van der Waals surface area contributed by atoms with Gasteiger partial charge in [0, 0.05) is 11.6 Å². The van der Waals surface area contributed by atoms with Gasteiger partial charge < -0.3 is 5.32 Å². The first-order valence-electron chi connectivity index (χ1n) is 5.68. The SMILES string of the molecule is Cc1ccc(C(=O)Nc2cc(=O)[nH]c(=O)[nH]2)cc1C. The number of anilines is 1. The zero-order chi connectivity index (χ0) is 14.0. The van der Waals surface area contributed by atoms with Crippen LogP contribution in [0.4, 0.5) is 5.82 Å². The molecule has 1 amide bonds. The second-order valence-corrected chi connectivity index (χ2v) is 4.25. The number of carbonyl (C=O) groups excluding carboxylic acids is 1. The molecule has 0 unspecified atom stereocenters. The van der Waals surface area contributed by atoms with Crippen LogP contribution in [-0.4, -0.2) is 15.9 Å². The summed E-state index contributed by atoms with van der Waals surface area (Å²) in [7, 11) is 0. The summed E-state index contributed by atoms with van der Waals surface area (Å²) >= 11 is 0. The standard InChI is InChI=1S/C13H13N3O3/c1-7-3-4-9(5-8(7)2)12(18)14-10-6-11(17)16-13(19)15-10/h3-6H,1-2H3,(H3,14,15,16,17,18,19). The minimum absolute atomic E-state index is 0.0666. The molecule has 2 aromatic rings. The van der Waals surface area contributed by atoms with Crippen molar-refractivity contribution in [2.75, 3.05) is 5.32 Å². The molecule has 0 atom stereocenters. The zero-order valence-corrected chi connectivity index (χ0v) is 10.5. The number of benzene rings is 1. The lowest BCUT2D eigenvalue weighted by Gasteiger charge is -2.06. The average Bonchev–Trinajstić information content (AvgIpc) is 2.31. The molecular weight excluding hydrogens is 246 g/mol. The van der Waals surface area contributed by atoms with Crippen molar-refractivity contribution in [3.8, 4) is 0 Å².